The van der Waals surface area contributed by atoms with Crippen LogP contribution >= 0.6 is 0 Å². The molecule has 160 valence electrons. The second-order valence-electron chi connectivity index (χ2n) is 8.23. The molecule has 0 amide bonds. The number of nitrogens with zero attached hydrogens (tertiary/aromatic N) is 1. The van der Waals surface area contributed by atoms with Gasteiger partial charge in [0.05, 0.1) is 0 Å². The van der Waals surface area contributed by atoms with Gasteiger partial charge in [-0.25, -0.2) is 4.79 Å². The quantitative estimate of drug-likeness (QED) is 0.713. The van der Waals surface area contributed by atoms with Crippen LogP contribution in [0.15, 0.2) is 28.8 Å². The lowest BCUT2D eigenvalue weighted by molar-refractivity contribution is -0.274. The van der Waals surface area contributed by atoms with Gasteiger partial charge in [0.1, 0.15) is 23.1 Å². The van der Waals surface area contributed by atoms with Gasteiger partial charge in [-0.15, -0.1) is 13.2 Å². The first-order valence-electron chi connectivity index (χ1n) is 10.2. The predicted octanol–water partition coefficient (Wildman–Crippen LogP) is 4.56. The molecular formula is C21H21F3N2O4. The van der Waals surface area contributed by atoms with Gasteiger partial charge in [0.2, 0.25) is 0 Å². The van der Waals surface area contributed by atoms with Gasteiger partial charge in [0, 0.05) is 23.6 Å². The van der Waals surface area contributed by atoms with Crippen molar-refractivity contribution < 1.29 is 32.0 Å². The Morgan fingerprint density at radius 2 is 1.80 bits per heavy atom. The molecular weight excluding hydrogens is 401 g/mol. The molecule has 2 saturated heterocycles. The molecule has 3 fully saturated rings. The first kappa shape index (κ1) is 19.4. The molecule has 30 heavy (non-hydrogen) atoms. The number of hydrogen-bond donors (Lipinski definition) is 1. The molecule has 1 N–H and O–H groups in total. The third-order valence-electron chi connectivity index (χ3n) is 5.94. The first-order valence-corrected chi connectivity index (χ1v) is 10.2. The number of fused-ring (bicyclic) bond motifs is 2. The van der Waals surface area contributed by atoms with Gasteiger partial charge >= 0.3 is 12.3 Å². The summed E-state index contributed by atoms with van der Waals surface area (Å²) in [5.74, 6) is -0.613. The number of alkyl halides is 3. The molecule has 2 aromatic rings. The Bertz CT molecular complexity index is 942. The number of esters is 1. The number of ether oxygens (including phenoxy) is 2. The van der Waals surface area contributed by atoms with Gasteiger partial charge in [0.15, 0.2) is 5.76 Å². The Hall–Kier alpha value is -2.55. The van der Waals surface area contributed by atoms with E-state index >= 15 is 0 Å². The highest BCUT2D eigenvalue weighted by Gasteiger charge is 2.40. The van der Waals surface area contributed by atoms with Crippen molar-refractivity contribution in [3.8, 4) is 17.0 Å². The molecule has 3 aliphatic rings. The number of carbonyl (C=O) groups is 1. The Balaban J connectivity index is 1.47. The summed E-state index contributed by atoms with van der Waals surface area (Å²) in [5.41, 5.74) is 0.183. The third-order valence-corrected chi connectivity index (χ3v) is 5.94. The SMILES string of the molecule is O=C(O[C@@H]1C[C@H]2CC[C@@H](C1)N2)c1c(-c2ccccc2OC(F)(F)F)noc1C1CC1. The summed E-state index contributed by atoms with van der Waals surface area (Å²) in [5, 5.41) is 7.45. The van der Waals surface area contributed by atoms with Gasteiger partial charge in [-0.1, -0.05) is 17.3 Å². The second kappa shape index (κ2) is 7.30. The number of hydrogen-bond acceptors (Lipinski definition) is 6. The maximum absolute atomic E-state index is 13.1. The molecule has 3 heterocycles. The predicted molar refractivity (Wildman–Crippen MR) is 99.0 cm³/mol. The number of rotatable bonds is 5. The monoisotopic (exact) mass is 422 g/mol. The van der Waals surface area contributed by atoms with Gasteiger partial charge in [0.25, 0.3) is 0 Å². The van der Waals surface area contributed by atoms with Crippen molar-refractivity contribution in [1.82, 2.24) is 10.5 Å². The van der Waals surface area contributed by atoms with Crippen LogP contribution in [-0.2, 0) is 4.74 Å². The fourth-order valence-corrected chi connectivity index (χ4v) is 4.50. The third kappa shape index (κ3) is 3.90. The average Bonchev–Trinajstić information content (AvgIpc) is 3.34. The molecule has 0 unspecified atom stereocenters. The van der Waals surface area contributed by atoms with E-state index in [4.69, 9.17) is 9.26 Å². The molecule has 0 spiro atoms. The van der Waals surface area contributed by atoms with Crippen LogP contribution in [0.4, 0.5) is 13.2 Å². The molecule has 2 aliphatic heterocycles. The van der Waals surface area contributed by atoms with Gasteiger partial charge in [-0.05, 0) is 50.7 Å². The number of piperidine rings is 1. The van der Waals surface area contributed by atoms with E-state index in [1.807, 2.05) is 0 Å². The summed E-state index contributed by atoms with van der Waals surface area (Å²) >= 11 is 0. The Labute approximate surface area is 170 Å². The Morgan fingerprint density at radius 3 is 2.47 bits per heavy atom. The van der Waals surface area contributed by atoms with E-state index in [0.29, 0.717) is 17.8 Å². The minimum Gasteiger partial charge on any atom is -0.459 e. The minimum absolute atomic E-state index is 0.0265. The highest BCUT2D eigenvalue weighted by molar-refractivity contribution is 5.98. The van der Waals surface area contributed by atoms with Crippen molar-refractivity contribution in [2.24, 2.45) is 0 Å². The molecule has 0 radical (unpaired) electrons. The standard InChI is InChI=1S/C21H21F3N2O4/c22-21(23,24)29-16-4-2-1-3-15(16)18-17(19(30-26-18)11-5-6-11)20(27)28-14-9-12-7-8-13(10-14)25-12/h1-4,11-14,25H,5-10H2/t12-,13+,14-. The molecule has 6 nitrogen and oxygen atoms in total. The highest BCUT2D eigenvalue weighted by Crippen LogP contribution is 2.46. The van der Waals surface area contributed by atoms with E-state index in [9.17, 15) is 18.0 Å². The van der Waals surface area contributed by atoms with Crippen LogP contribution in [0.2, 0.25) is 0 Å². The lowest BCUT2D eigenvalue weighted by Gasteiger charge is -2.28. The fourth-order valence-electron chi connectivity index (χ4n) is 4.50. The van der Waals surface area contributed by atoms with E-state index in [2.05, 4.69) is 15.2 Å². The highest BCUT2D eigenvalue weighted by atomic mass is 19.4. The molecule has 9 heteroatoms. The average molecular weight is 422 g/mol. The van der Waals surface area contributed by atoms with E-state index < -0.39 is 18.1 Å². The number of para-hydroxylation sites is 1. The molecule has 5 rings (SSSR count). The molecule has 2 bridgehead atoms. The van der Waals surface area contributed by atoms with Crippen molar-refractivity contribution in [3.05, 3.63) is 35.6 Å². The fraction of sp³-hybridized carbons (Fsp3) is 0.524. The van der Waals surface area contributed by atoms with Crippen molar-refractivity contribution in [2.45, 2.75) is 69.0 Å². The summed E-state index contributed by atoms with van der Waals surface area (Å²) in [6.07, 6.45) is 0.172. The maximum Gasteiger partial charge on any atom is 0.573 e. The van der Waals surface area contributed by atoms with Crippen LogP contribution in [0.25, 0.3) is 11.3 Å². The summed E-state index contributed by atoms with van der Waals surface area (Å²) in [4.78, 5) is 13.1. The van der Waals surface area contributed by atoms with Crippen LogP contribution in [-0.4, -0.2) is 35.7 Å². The number of aromatic nitrogens is 1. The first-order chi connectivity index (χ1) is 14.4. The smallest absolute Gasteiger partial charge is 0.459 e. The van der Waals surface area contributed by atoms with Gasteiger partial charge in [-0.2, -0.15) is 0 Å². The molecule has 3 atom stereocenters. The zero-order valence-corrected chi connectivity index (χ0v) is 16.1. The lowest BCUT2D eigenvalue weighted by Crippen LogP contribution is -2.42. The topological polar surface area (TPSA) is 73.6 Å². The summed E-state index contributed by atoms with van der Waals surface area (Å²) in [6.45, 7) is 0. The van der Waals surface area contributed by atoms with Crippen molar-refractivity contribution in [1.29, 1.82) is 0 Å². The minimum atomic E-state index is -4.87. The molecule has 1 aromatic heterocycles. The van der Waals surface area contributed by atoms with E-state index in [1.54, 1.807) is 6.07 Å². The van der Waals surface area contributed by atoms with Crippen LogP contribution in [0, 0.1) is 0 Å². The number of halogens is 3. The molecule has 1 aliphatic carbocycles. The maximum atomic E-state index is 13.1. The van der Waals surface area contributed by atoms with E-state index in [0.717, 1.165) is 38.5 Å². The van der Waals surface area contributed by atoms with Crippen LogP contribution in [0.1, 0.15) is 60.6 Å². The van der Waals surface area contributed by atoms with Gasteiger partial charge < -0.3 is 19.3 Å². The number of nitrogens with one attached hydrogen (secondary N) is 1. The van der Waals surface area contributed by atoms with Crippen molar-refractivity contribution in [2.75, 3.05) is 0 Å². The van der Waals surface area contributed by atoms with Crippen LogP contribution < -0.4 is 10.1 Å². The molecule has 1 saturated carbocycles. The number of carbonyl (C=O) groups excluding carboxylic acids is 1. The van der Waals surface area contributed by atoms with Crippen LogP contribution in [0.3, 0.4) is 0 Å². The number of benzene rings is 1. The Kier molecular flexibility index (Phi) is 4.72. The summed E-state index contributed by atoms with van der Waals surface area (Å²) < 4.78 is 54.0. The van der Waals surface area contributed by atoms with Gasteiger partial charge in [-0.3, -0.25) is 0 Å². The van der Waals surface area contributed by atoms with Crippen LogP contribution in [0.5, 0.6) is 5.75 Å². The van der Waals surface area contributed by atoms with E-state index in [-0.39, 0.29) is 28.8 Å². The Morgan fingerprint density at radius 1 is 1.10 bits per heavy atom. The summed E-state index contributed by atoms with van der Waals surface area (Å²) in [6, 6.07) is 6.28. The summed E-state index contributed by atoms with van der Waals surface area (Å²) in [7, 11) is 0. The normalized spacial score (nSPS) is 25.9. The molecule has 1 aromatic carbocycles. The van der Waals surface area contributed by atoms with Crippen molar-refractivity contribution in [3.63, 3.8) is 0 Å². The lowest BCUT2D eigenvalue weighted by atomic mass is 10.0. The van der Waals surface area contributed by atoms with E-state index in [1.165, 1.54) is 18.2 Å². The zero-order valence-electron chi connectivity index (χ0n) is 16.1. The zero-order chi connectivity index (χ0) is 20.9. The van der Waals surface area contributed by atoms with Crippen molar-refractivity contribution >= 4 is 5.97 Å². The largest absolute Gasteiger partial charge is 0.573 e. The second-order valence-corrected chi connectivity index (χ2v) is 8.23.